The molecule has 2 saturated heterocycles. The average molecular weight is 392 g/mol. The lowest BCUT2D eigenvalue weighted by atomic mass is 9.94. The van der Waals surface area contributed by atoms with Crippen molar-refractivity contribution in [1.82, 2.24) is 19.7 Å². The van der Waals surface area contributed by atoms with Crippen LogP contribution in [0, 0.1) is 0 Å². The topological polar surface area (TPSA) is 103 Å². The van der Waals surface area contributed by atoms with Gasteiger partial charge in [-0.3, -0.25) is 9.48 Å². The lowest BCUT2D eigenvalue weighted by Crippen LogP contribution is -2.55. The molecule has 0 aromatic carbocycles. The number of morpholine rings is 1. The molecule has 9 nitrogen and oxygen atoms in total. The van der Waals surface area contributed by atoms with Gasteiger partial charge in [-0.25, -0.2) is 14.2 Å². The lowest BCUT2D eigenvalue weighted by Gasteiger charge is -2.45. The van der Waals surface area contributed by atoms with Crippen molar-refractivity contribution in [3.8, 4) is 0 Å². The van der Waals surface area contributed by atoms with Gasteiger partial charge in [0.05, 0.1) is 28.1 Å². The quantitative estimate of drug-likeness (QED) is 0.755. The maximum atomic E-state index is 12.8. The molecule has 10 heteroatoms. The Balaban J connectivity index is 1.57. The molecule has 0 bridgehead atoms. The Morgan fingerprint density at radius 2 is 2.15 bits per heavy atom. The van der Waals surface area contributed by atoms with Crippen molar-refractivity contribution in [2.75, 3.05) is 36.1 Å². The molecule has 1 amide bonds. The molecule has 27 heavy (non-hydrogen) atoms. The summed E-state index contributed by atoms with van der Waals surface area (Å²) >= 11 is 0. The monoisotopic (exact) mass is 392 g/mol. The largest absolute Gasteiger partial charge is 0.371 e. The van der Waals surface area contributed by atoms with Crippen LogP contribution in [0.4, 0.5) is 5.82 Å². The third kappa shape index (κ3) is 3.43. The Morgan fingerprint density at radius 1 is 1.37 bits per heavy atom. The summed E-state index contributed by atoms with van der Waals surface area (Å²) in [7, 11) is -0.572. The fraction of sp³-hybridized carbons (Fsp3) is 0.647. The van der Waals surface area contributed by atoms with E-state index in [4.69, 9.17) is 4.74 Å². The van der Waals surface area contributed by atoms with Gasteiger partial charge in [0.1, 0.15) is 17.4 Å². The van der Waals surface area contributed by atoms with Crippen LogP contribution >= 0.6 is 0 Å². The Labute approximate surface area is 158 Å². The molecule has 0 N–H and O–H groups in total. The molecular weight excluding hydrogens is 368 g/mol. The average Bonchev–Trinajstić information content (AvgIpc) is 3.06. The van der Waals surface area contributed by atoms with Crippen LogP contribution in [0.5, 0.6) is 0 Å². The Morgan fingerprint density at radius 3 is 2.89 bits per heavy atom. The number of hydrogen-bond donors (Lipinski definition) is 0. The van der Waals surface area contributed by atoms with Crippen molar-refractivity contribution >= 4 is 32.5 Å². The number of aryl methyl sites for hydroxylation is 1. The second kappa shape index (κ2) is 6.83. The first-order chi connectivity index (χ1) is 12.9. The van der Waals surface area contributed by atoms with E-state index in [1.807, 2.05) is 7.05 Å². The fourth-order valence-electron chi connectivity index (χ4n) is 3.81. The lowest BCUT2D eigenvalue weighted by molar-refractivity contribution is -0.117. The molecule has 2 fully saturated rings. The van der Waals surface area contributed by atoms with Gasteiger partial charge in [-0.15, -0.1) is 0 Å². The molecule has 0 saturated carbocycles. The summed E-state index contributed by atoms with van der Waals surface area (Å²) < 4.78 is 24.8. The number of amides is 1. The van der Waals surface area contributed by atoms with E-state index in [0.717, 1.165) is 23.4 Å². The number of ether oxygens (including phenoxy) is 1. The predicted octanol–water partition coefficient (Wildman–Crippen LogP) is 1.14. The zero-order chi connectivity index (χ0) is 19.1. The number of nitrogens with zero attached hydrogens (tertiary/aromatic N) is 6. The summed E-state index contributed by atoms with van der Waals surface area (Å²) in [5.74, 6) is 1.37. The van der Waals surface area contributed by atoms with E-state index in [9.17, 15) is 9.00 Å². The molecule has 2 aromatic rings. The molecular formula is C17H24N6O3S. The number of aromatic nitrogens is 4. The highest BCUT2D eigenvalue weighted by atomic mass is 32.2. The Bertz CT molecular complexity index is 980. The first-order valence-corrected chi connectivity index (χ1v) is 11.1. The molecule has 1 spiro atoms. The molecule has 2 aromatic heterocycles. The third-order valence-electron chi connectivity index (χ3n) is 5.38. The van der Waals surface area contributed by atoms with E-state index in [1.165, 1.54) is 0 Å². The van der Waals surface area contributed by atoms with Crippen molar-refractivity contribution in [1.29, 1.82) is 0 Å². The third-order valence-corrected chi connectivity index (χ3v) is 7.60. The van der Waals surface area contributed by atoms with E-state index < -0.39 is 9.73 Å². The minimum Gasteiger partial charge on any atom is -0.371 e. The maximum absolute atomic E-state index is 12.8. The van der Waals surface area contributed by atoms with E-state index in [1.54, 1.807) is 24.1 Å². The van der Waals surface area contributed by atoms with Gasteiger partial charge in [0, 0.05) is 38.1 Å². The van der Waals surface area contributed by atoms with Gasteiger partial charge < -0.3 is 9.64 Å². The second-order valence-electron chi connectivity index (χ2n) is 7.17. The molecule has 2 aliphatic rings. The van der Waals surface area contributed by atoms with Crippen LogP contribution in [0.15, 0.2) is 16.9 Å². The highest BCUT2D eigenvalue weighted by Crippen LogP contribution is 2.34. The Kier molecular flexibility index (Phi) is 4.63. The van der Waals surface area contributed by atoms with Crippen molar-refractivity contribution in [2.24, 2.45) is 11.4 Å². The van der Waals surface area contributed by atoms with E-state index in [-0.39, 0.29) is 11.5 Å². The fourth-order valence-corrected chi connectivity index (χ4v) is 6.07. The summed E-state index contributed by atoms with van der Waals surface area (Å²) in [4.78, 5) is 22.6. The van der Waals surface area contributed by atoms with E-state index in [0.29, 0.717) is 43.9 Å². The normalized spacial score (nSPS) is 28.6. The van der Waals surface area contributed by atoms with Gasteiger partial charge in [0.2, 0.25) is 0 Å². The maximum Gasteiger partial charge on any atom is 0.253 e. The highest BCUT2D eigenvalue weighted by molar-refractivity contribution is 7.93. The van der Waals surface area contributed by atoms with Crippen molar-refractivity contribution in [2.45, 2.75) is 31.8 Å². The SMILES string of the molecule is CCC(=O)N=S1(=O)CCC2(CC1)CN(c1ncnc3cnn(C)c13)CCO2. The minimum absolute atomic E-state index is 0.276. The zero-order valence-electron chi connectivity index (χ0n) is 15.6. The van der Waals surface area contributed by atoms with Gasteiger partial charge in [0.25, 0.3) is 5.91 Å². The van der Waals surface area contributed by atoms with Gasteiger partial charge in [0.15, 0.2) is 5.82 Å². The van der Waals surface area contributed by atoms with Gasteiger partial charge in [-0.2, -0.15) is 9.46 Å². The molecule has 146 valence electrons. The smallest absolute Gasteiger partial charge is 0.253 e. The summed E-state index contributed by atoms with van der Waals surface area (Å²) in [6.45, 7) is 3.71. The van der Waals surface area contributed by atoms with Crippen molar-refractivity contribution in [3.63, 3.8) is 0 Å². The number of anilines is 1. The second-order valence-corrected chi connectivity index (χ2v) is 9.72. The molecule has 4 heterocycles. The minimum atomic E-state index is -2.45. The number of fused-ring (bicyclic) bond motifs is 1. The molecule has 0 radical (unpaired) electrons. The Hall–Kier alpha value is -2.07. The van der Waals surface area contributed by atoms with Crippen molar-refractivity contribution in [3.05, 3.63) is 12.5 Å². The van der Waals surface area contributed by atoms with Crippen LogP contribution in [0.25, 0.3) is 11.0 Å². The summed E-state index contributed by atoms with van der Waals surface area (Å²) in [6.07, 6.45) is 4.84. The highest BCUT2D eigenvalue weighted by Gasteiger charge is 2.42. The zero-order valence-corrected chi connectivity index (χ0v) is 16.4. The van der Waals surface area contributed by atoms with Crippen molar-refractivity contribution < 1.29 is 13.7 Å². The first kappa shape index (κ1) is 18.3. The summed E-state index contributed by atoms with van der Waals surface area (Å²) in [6, 6.07) is 0. The van der Waals surface area contributed by atoms with Gasteiger partial charge in [-0.05, 0) is 12.8 Å². The molecule has 0 unspecified atom stereocenters. The van der Waals surface area contributed by atoms with Crippen LogP contribution in [-0.4, -0.2) is 66.7 Å². The predicted molar refractivity (Wildman–Crippen MR) is 102 cm³/mol. The van der Waals surface area contributed by atoms with E-state index >= 15 is 0 Å². The molecule has 4 rings (SSSR count). The number of carbonyl (C=O) groups excluding carboxylic acids is 1. The molecule has 0 atom stereocenters. The van der Waals surface area contributed by atoms with Crippen LogP contribution in [0.2, 0.25) is 0 Å². The number of carbonyl (C=O) groups is 1. The molecule has 2 aliphatic heterocycles. The molecule has 0 aliphatic carbocycles. The van der Waals surface area contributed by atoms with Gasteiger partial charge >= 0.3 is 0 Å². The van der Waals surface area contributed by atoms with E-state index in [2.05, 4.69) is 24.3 Å². The van der Waals surface area contributed by atoms with Crippen LogP contribution in [-0.2, 0) is 26.3 Å². The van der Waals surface area contributed by atoms with Crippen LogP contribution in [0.3, 0.4) is 0 Å². The summed E-state index contributed by atoms with van der Waals surface area (Å²) in [5, 5.41) is 4.28. The number of hydrogen-bond acceptors (Lipinski definition) is 7. The number of rotatable bonds is 2. The van der Waals surface area contributed by atoms with Crippen LogP contribution in [0.1, 0.15) is 26.2 Å². The first-order valence-electron chi connectivity index (χ1n) is 9.21. The van der Waals surface area contributed by atoms with Crippen LogP contribution < -0.4 is 4.90 Å². The van der Waals surface area contributed by atoms with Gasteiger partial charge in [-0.1, -0.05) is 6.92 Å². The summed E-state index contributed by atoms with van der Waals surface area (Å²) in [5.41, 5.74) is 1.34. The standard InChI is InChI=1S/C17H24N6O3S/c1-3-14(24)21-27(25)8-4-17(5-9-27)11-23(6-7-26-17)16-15-13(18-12-19-16)10-20-22(15)2/h10,12H,3-9,11H2,1-2H3.